The first-order valence-electron chi connectivity index (χ1n) is 6.92. The van der Waals surface area contributed by atoms with Gasteiger partial charge in [-0.1, -0.05) is 29.8 Å². The van der Waals surface area contributed by atoms with Gasteiger partial charge in [0.1, 0.15) is 0 Å². The molecule has 1 aliphatic rings. The number of hydrogen-bond donors (Lipinski definition) is 1. The second kappa shape index (κ2) is 6.29. The largest absolute Gasteiger partial charge is 0.378 e. The van der Waals surface area contributed by atoms with Gasteiger partial charge in [0, 0.05) is 24.4 Å². The molecule has 1 aliphatic heterocycles. The molecule has 1 atom stereocenters. The Balaban J connectivity index is 1.56. The van der Waals surface area contributed by atoms with Crippen molar-refractivity contribution < 1.29 is 4.74 Å². The van der Waals surface area contributed by atoms with Crippen LogP contribution in [0.1, 0.15) is 18.4 Å². The molecule has 0 amide bonds. The third-order valence-electron chi connectivity index (χ3n) is 3.49. The van der Waals surface area contributed by atoms with Gasteiger partial charge in [0.25, 0.3) is 0 Å². The van der Waals surface area contributed by atoms with E-state index in [1.807, 2.05) is 41.3 Å². The second-order valence-electron chi connectivity index (χ2n) is 5.03. The first kappa shape index (κ1) is 13.5. The molecule has 20 heavy (non-hydrogen) atoms. The van der Waals surface area contributed by atoms with Gasteiger partial charge in [0.15, 0.2) is 0 Å². The maximum atomic E-state index is 6.13. The molecule has 2 aromatic rings. The first-order valence-corrected chi connectivity index (χ1v) is 7.30. The quantitative estimate of drug-likeness (QED) is 0.918. The Hall–Kier alpha value is -1.52. The van der Waals surface area contributed by atoms with Crippen LogP contribution in [0.25, 0.3) is 0 Å². The molecule has 2 heterocycles. The Bertz CT molecular complexity index is 564. The van der Waals surface area contributed by atoms with E-state index in [0.29, 0.717) is 12.6 Å². The highest BCUT2D eigenvalue weighted by Crippen LogP contribution is 2.18. The zero-order valence-corrected chi connectivity index (χ0v) is 12.0. The highest BCUT2D eigenvalue weighted by molar-refractivity contribution is 6.31. The summed E-state index contributed by atoms with van der Waals surface area (Å²) in [6, 6.07) is 7.85. The summed E-state index contributed by atoms with van der Waals surface area (Å²) in [5.41, 5.74) is 2.09. The predicted molar refractivity (Wildman–Crippen MR) is 80.0 cm³/mol. The molecule has 1 fully saturated rings. The van der Waals surface area contributed by atoms with Crippen molar-refractivity contribution in [3.8, 4) is 0 Å². The lowest BCUT2D eigenvalue weighted by Gasteiger charge is -2.08. The van der Waals surface area contributed by atoms with Crippen LogP contribution in [0, 0.1) is 0 Å². The number of nitrogens with one attached hydrogen (secondary N) is 1. The topological polar surface area (TPSA) is 39.1 Å². The van der Waals surface area contributed by atoms with Crippen LogP contribution < -0.4 is 5.32 Å². The van der Waals surface area contributed by atoms with Gasteiger partial charge in [-0.3, -0.25) is 4.68 Å². The number of aromatic nitrogens is 2. The van der Waals surface area contributed by atoms with Crippen LogP contribution >= 0.6 is 11.6 Å². The van der Waals surface area contributed by atoms with Crippen LogP contribution in [0.5, 0.6) is 0 Å². The SMILES string of the molecule is Clc1ccccc1CNc1cnn(CC2CCCO2)c1. The summed E-state index contributed by atoms with van der Waals surface area (Å²) in [5.74, 6) is 0. The fourth-order valence-corrected chi connectivity index (χ4v) is 2.59. The Kier molecular flexibility index (Phi) is 4.23. The van der Waals surface area contributed by atoms with Gasteiger partial charge >= 0.3 is 0 Å². The molecular formula is C15H18ClN3O. The standard InChI is InChI=1S/C15H18ClN3O/c16-15-6-2-1-4-12(15)8-17-13-9-18-19(10-13)11-14-5-3-7-20-14/h1-2,4,6,9-10,14,17H,3,5,7-8,11H2. The van der Waals surface area contributed by atoms with Crippen LogP contribution in [0.3, 0.4) is 0 Å². The molecule has 0 bridgehead atoms. The van der Waals surface area contributed by atoms with Crippen LogP contribution in [-0.4, -0.2) is 22.5 Å². The van der Waals surface area contributed by atoms with Gasteiger partial charge in [-0.2, -0.15) is 5.10 Å². The molecular weight excluding hydrogens is 274 g/mol. The number of halogens is 1. The lowest BCUT2D eigenvalue weighted by Crippen LogP contribution is -2.15. The van der Waals surface area contributed by atoms with Gasteiger partial charge in [-0.15, -0.1) is 0 Å². The van der Waals surface area contributed by atoms with E-state index in [0.717, 1.165) is 42.3 Å². The third kappa shape index (κ3) is 3.32. The molecule has 1 aromatic heterocycles. The maximum Gasteiger partial charge on any atom is 0.0771 e. The summed E-state index contributed by atoms with van der Waals surface area (Å²) in [6.45, 7) is 2.41. The predicted octanol–water partition coefficient (Wildman–Crippen LogP) is 3.33. The average Bonchev–Trinajstić information content (AvgIpc) is 3.10. The fraction of sp³-hybridized carbons (Fsp3) is 0.400. The summed E-state index contributed by atoms with van der Waals surface area (Å²) in [4.78, 5) is 0. The summed E-state index contributed by atoms with van der Waals surface area (Å²) in [6.07, 6.45) is 6.45. The normalized spacial score (nSPS) is 18.4. The van der Waals surface area contributed by atoms with Crippen LogP contribution in [-0.2, 0) is 17.8 Å². The molecule has 4 nitrogen and oxygen atoms in total. The van der Waals surface area contributed by atoms with Crippen molar-refractivity contribution >= 4 is 17.3 Å². The number of hydrogen-bond acceptors (Lipinski definition) is 3. The van der Waals surface area contributed by atoms with Crippen molar-refractivity contribution in [2.45, 2.75) is 32.0 Å². The Morgan fingerprint density at radius 3 is 3.10 bits per heavy atom. The van der Waals surface area contributed by atoms with E-state index in [2.05, 4.69) is 10.4 Å². The molecule has 0 radical (unpaired) electrons. The average molecular weight is 292 g/mol. The molecule has 1 N–H and O–H groups in total. The maximum absolute atomic E-state index is 6.13. The van der Waals surface area contributed by atoms with E-state index in [-0.39, 0.29) is 0 Å². The molecule has 3 rings (SSSR count). The smallest absolute Gasteiger partial charge is 0.0771 e. The molecule has 1 unspecified atom stereocenters. The van der Waals surface area contributed by atoms with E-state index in [1.54, 1.807) is 0 Å². The monoisotopic (exact) mass is 291 g/mol. The molecule has 0 spiro atoms. The Labute approximate surface area is 123 Å². The fourth-order valence-electron chi connectivity index (χ4n) is 2.39. The van der Waals surface area contributed by atoms with Gasteiger partial charge in [0.05, 0.1) is 24.5 Å². The first-order chi connectivity index (χ1) is 9.81. The van der Waals surface area contributed by atoms with Gasteiger partial charge < -0.3 is 10.1 Å². The number of nitrogens with zero attached hydrogens (tertiary/aromatic N) is 2. The van der Waals surface area contributed by atoms with Crippen molar-refractivity contribution in [1.82, 2.24) is 9.78 Å². The highest BCUT2D eigenvalue weighted by atomic mass is 35.5. The second-order valence-corrected chi connectivity index (χ2v) is 5.44. The van der Waals surface area contributed by atoms with Crippen molar-refractivity contribution in [1.29, 1.82) is 0 Å². The van der Waals surface area contributed by atoms with E-state index in [9.17, 15) is 0 Å². The molecule has 106 valence electrons. The lowest BCUT2D eigenvalue weighted by atomic mass is 10.2. The summed E-state index contributed by atoms with van der Waals surface area (Å²) < 4.78 is 7.55. The van der Waals surface area contributed by atoms with Crippen molar-refractivity contribution in [3.63, 3.8) is 0 Å². The van der Waals surface area contributed by atoms with Crippen LogP contribution in [0.2, 0.25) is 5.02 Å². The Morgan fingerprint density at radius 1 is 1.40 bits per heavy atom. The van der Waals surface area contributed by atoms with Crippen molar-refractivity contribution in [3.05, 3.63) is 47.2 Å². The molecule has 5 heteroatoms. The minimum Gasteiger partial charge on any atom is -0.378 e. The number of rotatable bonds is 5. The van der Waals surface area contributed by atoms with E-state index >= 15 is 0 Å². The van der Waals surface area contributed by atoms with Crippen molar-refractivity contribution in [2.75, 3.05) is 11.9 Å². The lowest BCUT2D eigenvalue weighted by molar-refractivity contribution is 0.0940. The molecule has 1 saturated heterocycles. The zero-order valence-electron chi connectivity index (χ0n) is 11.3. The zero-order chi connectivity index (χ0) is 13.8. The van der Waals surface area contributed by atoms with Crippen LogP contribution in [0.15, 0.2) is 36.7 Å². The van der Waals surface area contributed by atoms with Crippen LogP contribution in [0.4, 0.5) is 5.69 Å². The molecule has 1 aromatic carbocycles. The van der Waals surface area contributed by atoms with Gasteiger partial charge in [-0.25, -0.2) is 0 Å². The van der Waals surface area contributed by atoms with E-state index < -0.39 is 0 Å². The van der Waals surface area contributed by atoms with E-state index in [4.69, 9.17) is 16.3 Å². The third-order valence-corrected chi connectivity index (χ3v) is 3.86. The summed E-state index contributed by atoms with van der Waals surface area (Å²) >= 11 is 6.13. The van der Waals surface area contributed by atoms with E-state index in [1.165, 1.54) is 0 Å². The van der Waals surface area contributed by atoms with Gasteiger partial charge in [0.2, 0.25) is 0 Å². The Morgan fingerprint density at radius 2 is 2.30 bits per heavy atom. The number of benzene rings is 1. The summed E-state index contributed by atoms with van der Waals surface area (Å²) in [5, 5.41) is 8.48. The number of ether oxygens (including phenoxy) is 1. The van der Waals surface area contributed by atoms with Crippen molar-refractivity contribution in [2.24, 2.45) is 0 Å². The van der Waals surface area contributed by atoms with Gasteiger partial charge in [-0.05, 0) is 24.5 Å². The minimum absolute atomic E-state index is 0.311. The highest BCUT2D eigenvalue weighted by Gasteiger charge is 2.16. The molecule has 0 aliphatic carbocycles. The minimum atomic E-state index is 0.311. The molecule has 0 saturated carbocycles. The number of anilines is 1. The summed E-state index contributed by atoms with van der Waals surface area (Å²) in [7, 11) is 0.